The Kier molecular flexibility index (Phi) is 4.59. The van der Waals surface area contributed by atoms with Crippen molar-refractivity contribution in [1.29, 1.82) is 0 Å². The van der Waals surface area contributed by atoms with Crippen molar-refractivity contribution in [1.82, 2.24) is 5.32 Å². The first kappa shape index (κ1) is 12.0. The first-order chi connectivity index (χ1) is 7.09. The summed E-state index contributed by atoms with van der Waals surface area (Å²) in [5.74, 6) is 0.467. The second-order valence-electron chi connectivity index (χ2n) is 4.45. The Morgan fingerprint density at radius 2 is 2.27 bits per heavy atom. The minimum atomic E-state index is -0.781. The molecule has 0 radical (unpaired) electrons. The Balaban J connectivity index is 2.49. The SMILES string of the molecule is CC(C)CC(NC1=NCCCC1)C(=O)O. The van der Waals surface area contributed by atoms with Crippen LogP contribution >= 0.6 is 0 Å². The molecule has 0 amide bonds. The van der Waals surface area contributed by atoms with E-state index in [1.807, 2.05) is 13.8 Å². The Hall–Kier alpha value is -1.06. The van der Waals surface area contributed by atoms with Gasteiger partial charge in [0.25, 0.3) is 0 Å². The molecule has 4 heteroatoms. The van der Waals surface area contributed by atoms with Crippen LogP contribution in [0.2, 0.25) is 0 Å². The lowest BCUT2D eigenvalue weighted by Crippen LogP contribution is -2.42. The molecule has 2 N–H and O–H groups in total. The summed E-state index contributed by atoms with van der Waals surface area (Å²) in [5, 5.41) is 12.1. The van der Waals surface area contributed by atoms with Crippen molar-refractivity contribution < 1.29 is 9.90 Å². The molecule has 86 valence electrons. The number of hydrogen-bond acceptors (Lipinski definition) is 3. The molecule has 1 heterocycles. The quantitative estimate of drug-likeness (QED) is 0.745. The molecule has 1 aliphatic heterocycles. The van der Waals surface area contributed by atoms with Gasteiger partial charge < -0.3 is 10.4 Å². The second-order valence-corrected chi connectivity index (χ2v) is 4.45. The number of amidine groups is 1. The number of carbonyl (C=O) groups is 1. The average Bonchev–Trinajstić information content (AvgIpc) is 2.17. The summed E-state index contributed by atoms with van der Waals surface area (Å²) < 4.78 is 0. The van der Waals surface area contributed by atoms with E-state index in [1.54, 1.807) is 0 Å². The highest BCUT2D eigenvalue weighted by molar-refractivity contribution is 5.87. The molecule has 0 aromatic heterocycles. The normalized spacial score (nSPS) is 18.5. The van der Waals surface area contributed by atoms with E-state index in [-0.39, 0.29) is 0 Å². The molecule has 0 aromatic carbocycles. The van der Waals surface area contributed by atoms with E-state index in [2.05, 4.69) is 10.3 Å². The highest BCUT2D eigenvalue weighted by Crippen LogP contribution is 2.09. The first-order valence-electron chi connectivity index (χ1n) is 5.62. The molecule has 1 rings (SSSR count). The topological polar surface area (TPSA) is 61.7 Å². The highest BCUT2D eigenvalue weighted by Gasteiger charge is 2.20. The Morgan fingerprint density at radius 1 is 1.53 bits per heavy atom. The smallest absolute Gasteiger partial charge is 0.326 e. The van der Waals surface area contributed by atoms with Crippen LogP contribution in [-0.4, -0.2) is 29.5 Å². The predicted octanol–water partition coefficient (Wildman–Crippen LogP) is 1.66. The second kappa shape index (κ2) is 5.73. The van der Waals surface area contributed by atoms with Crippen LogP contribution in [0.5, 0.6) is 0 Å². The van der Waals surface area contributed by atoms with Crippen molar-refractivity contribution in [3.63, 3.8) is 0 Å². The first-order valence-corrected chi connectivity index (χ1v) is 5.62. The Morgan fingerprint density at radius 3 is 2.73 bits per heavy atom. The van der Waals surface area contributed by atoms with E-state index in [0.717, 1.165) is 31.6 Å². The third kappa shape index (κ3) is 4.32. The predicted molar refractivity (Wildman–Crippen MR) is 60.2 cm³/mol. The zero-order chi connectivity index (χ0) is 11.3. The van der Waals surface area contributed by atoms with Crippen LogP contribution in [0.1, 0.15) is 39.5 Å². The van der Waals surface area contributed by atoms with Crippen LogP contribution in [0.25, 0.3) is 0 Å². The molecule has 1 atom stereocenters. The number of aliphatic carboxylic acids is 1. The van der Waals surface area contributed by atoms with Crippen LogP contribution in [0, 0.1) is 5.92 Å². The summed E-state index contributed by atoms with van der Waals surface area (Å²) in [7, 11) is 0. The number of carboxylic acids is 1. The molecule has 0 aromatic rings. The molecule has 0 saturated carbocycles. The molecular weight excluding hydrogens is 192 g/mol. The van der Waals surface area contributed by atoms with Gasteiger partial charge in [0.15, 0.2) is 0 Å². The van der Waals surface area contributed by atoms with Gasteiger partial charge in [0.1, 0.15) is 6.04 Å². The monoisotopic (exact) mass is 212 g/mol. The molecular formula is C11H20N2O2. The van der Waals surface area contributed by atoms with Crippen LogP contribution in [-0.2, 0) is 4.79 Å². The molecule has 0 saturated heterocycles. The number of carboxylic acid groups (broad SMARTS) is 1. The van der Waals surface area contributed by atoms with Crippen LogP contribution in [0.4, 0.5) is 0 Å². The summed E-state index contributed by atoms with van der Waals surface area (Å²) in [4.78, 5) is 15.3. The number of nitrogens with one attached hydrogen (secondary N) is 1. The minimum absolute atomic E-state index is 0.378. The average molecular weight is 212 g/mol. The molecule has 15 heavy (non-hydrogen) atoms. The van der Waals surface area contributed by atoms with Gasteiger partial charge in [0, 0.05) is 13.0 Å². The number of aliphatic imine (C=N–C) groups is 1. The lowest BCUT2D eigenvalue weighted by atomic mass is 10.0. The van der Waals surface area contributed by atoms with Gasteiger partial charge in [0.2, 0.25) is 0 Å². The van der Waals surface area contributed by atoms with Crippen LogP contribution < -0.4 is 5.32 Å². The highest BCUT2D eigenvalue weighted by atomic mass is 16.4. The number of nitrogens with zero attached hydrogens (tertiary/aromatic N) is 1. The maximum Gasteiger partial charge on any atom is 0.326 e. The van der Waals surface area contributed by atoms with Gasteiger partial charge in [0.05, 0.1) is 5.84 Å². The maximum absolute atomic E-state index is 11.0. The third-order valence-electron chi connectivity index (χ3n) is 2.47. The molecule has 1 unspecified atom stereocenters. The fourth-order valence-electron chi connectivity index (χ4n) is 1.71. The van der Waals surface area contributed by atoms with Crippen LogP contribution in [0.3, 0.4) is 0 Å². The van der Waals surface area contributed by atoms with Gasteiger partial charge >= 0.3 is 5.97 Å². The fraction of sp³-hybridized carbons (Fsp3) is 0.818. The molecule has 0 spiro atoms. The van der Waals surface area contributed by atoms with Crippen molar-refractivity contribution in [3.8, 4) is 0 Å². The van der Waals surface area contributed by atoms with Crippen molar-refractivity contribution in [3.05, 3.63) is 0 Å². The summed E-state index contributed by atoms with van der Waals surface area (Å²) in [6.07, 6.45) is 3.77. The van der Waals surface area contributed by atoms with E-state index in [4.69, 9.17) is 5.11 Å². The molecule has 0 aliphatic carbocycles. The fourth-order valence-corrected chi connectivity index (χ4v) is 1.71. The zero-order valence-electron chi connectivity index (χ0n) is 9.49. The van der Waals surface area contributed by atoms with E-state index in [1.165, 1.54) is 0 Å². The van der Waals surface area contributed by atoms with Gasteiger partial charge in [-0.25, -0.2) is 4.79 Å². The van der Waals surface area contributed by atoms with E-state index < -0.39 is 12.0 Å². The third-order valence-corrected chi connectivity index (χ3v) is 2.47. The van der Waals surface area contributed by atoms with Gasteiger partial charge in [-0.3, -0.25) is 4.99 Å². The largest absolute Gasteiger partial charge is 0.480 e. The standard InChI is InChI=1S/C11H20N2O2/c1-8(2)7-9(11(14)15)13-10-5-3-4-6-12-10/h8-9H,3-7H2,1-2H3,(H,12,13)(H,14,15). The summed E-state index contributed by atoms with van der Waals surface area (Å²) in [6, 6.07) is -0.484. The van der Waals surface area contributed by atoms with Crippen LogP contribution in [0.15, 0.2) is 4.99 Å². The van der Waals surface area contributed by atoms with E-state index in [0.29, 0.717) is 12.3 Å². The molecule has 1 aliphatic rings. The van der Waals surface area contributed by atoms with Crippen molar-refractivity contribution >= 4 is 11.8 Å². The Labute approximate surface area is 90.8 Å². The van der Waals surface area contributed by atoms with E-state index >= 15 is 0 Å². The number of hydrogen-bond donors (Lipinski definition) is 2. The zero-order valence-corrected chi connectivity index (χ0v) is 9.49. The van der Waals surface area contributed by atoms with Gasteiger partial charge in [-0.2, -0.15) is 0 Å². The van der Waals surface area contributed by atoms with Gasteiger partial charge in [-0.1, -0.05) is 13.8 Å². The van der Waals surface area contributed by atoms with E-state index in [9.17, 15) is 4.79 Å². The minimum Gasteiger partial charge on any atom is -0.480 e. The van der Waals surface area contributed by atoms with Gasteiger partial charge in [-0.05, 0) is 25.2 Å². The Bertz CT molecular complexity index is 249. The summed E-state index contributed by atoms with van der Waals surface area (Å²) in [6.45, 7) is 4.89. The number of rotatable bonds is 4. The molecule has 4 nitrogen and oxygen atoms in total. The van der Waals surface area contributed by atoms with Crippen molar-refractivity contribution in [2.75, 3.05) is 6.54 Å². The summed E-state index contributed by atoms with van der Waals surface area (Å²) >= 11 is 0. The maximum atomic E-state index is 11.0. The lowest BCUT2D eigenvalue weighted by Gasteiger charge is -2.20. The molecule has 0 bridgehead atoms. The molecule has 0 fully saturated rings. The van der Waals surface area contributed by atoms with Gasteiger partial charge in [-0.15, -0.1) is 0 Å². The van der Waals surface area contributed by atoms with Crippen molar-refractivity contribution in [2.24, 2.45) is 10.9 Å². The lowest BCUT2D eigenvalue weighted by molar-refractivity contribution is -0.139. The van der Waals surface area contributed by atoms with Crippen molar-refractivity contribution in [2.45, 2.75) is 45.6 Å². The summed E-state index contributed by atoms with van der Waals surface area (Å²) in [5.41, 5.74) is 0.